The predicted molar refractivity (Wildman–Crippen MR) is 108 cm³/mol. The molecule has 3 aromatic rings. The van der Waals surface area contributed by atoms with Gasteiger partial charge < -0.3 is 9.67 Å². The maximum Gasteiger partial charge on any atom is 0.288 e. The largest absolute Gasteiger partial charge is 0.503 e. The molecule has 6 heteroatoms. The maximum atomic E-state index is 13.1. The van der Waals surface area contributed by atoms with Crippen molar-refractivity contribution in [2.45, 2.75) is 18.5 Å². The Morgan fingerprint density at radius 3 is 2.10 bits per heavy atom. The van der Waals surface area contributed by atoms with Gasteiger partial charge in [-0.1, -0.05) is 60.7 Å². The lowest BCUT2D eigenvalue weighted by molar-refractivity contribution is -0.0483. The number of pyridine rings is 1. The molecule has 1 unspecified atom stereocenters. The van der Waals surface area contributed by atoms with Crippen molar-refractivity contribution in [3.63, 3.8) is 0 Å². The van der Waals surface area contributed by atoms with E-state index in [9.17, 15) is 14.7 Å². The van der Waals surface area contributed by atoms with Gasteiger partial charge in [-0.15, -0.1) is 0 Å². The average molecular weight is 387 g/mol. The first-order valence-electron chi connectivity index (χ1n) is 9.79. The van der Waals surface area contributed by atoms with E-state index in [0.717, 1.165) is 24.1 Å². The zero-order valence-electron chi connectivity index (χ0n) is 15.8. The van der Waals surface area contributed by atoms with Crippen LogP contribution in [0.5, 0.6) is 5.75 Å². The lowest BCUT2D eigenvalue weighted by Gasteiger charge is -2.45. The number of hydrazine groups is 1. The van der Waals surface area contributed by atoms with Gasteiger partial charge in [0, 0.05) is 31.3 Å². The second kappa shape index (κ2) is 6.90. The highest BCUT2D eigenvalue weighted by atomic mass is 16.3. The van der Waals surface area contributed by atoms with Gasteiger partial charge in [-0.25, -0.2) is 0 Å². The lowest BCUT2D eigenvalue weighted by atomic mass is 9.87. The summed E-state index contributed by atoms with van der Waals surface area (Å²) in [5, 5.41) is 14.2. The molecule has 0 aliphatic carbocycles. The Labute approximate surface area is 168 Å². The van der Waals surface area contributed by atoms with E-state index >= 15 is 0 Å². The van der Waals surface area contributed by atoms with Gasteiger partial charge in [-0.3, -0.25) is 14.6 Å². The Bertz CT molecular complexity index is 1070. The third-order valence-corrected chi connectivity index (χ3v) is 5.81. The number of aromatic nitrogens is 1. The molecule has 2 aliphatic heterocycles. The van der Waals surface area contributed by atoms with Crippen LogP contribution in [0.25, 0.3) is 0 Å². The lowest BCUT2D eigenvalue weighted by Crippen LogP contribution is -2.53. The van der Waals surface area contributed by atoms with E-state index in [1.165, 1.54) is 6.07 Å². The SMILES string of the molecule is O=C1c2c(O)c(=O)ccn2C(C(c2ccccc2)c2ccccc2)N2CCCN12. The molecule has 0 saturated carbocycles. The Morgan fingerprint density at radius 1 is 0.862 bits per heavy atom. The molecule has 1 saturated heterocycles. The van der Waals surface area contributed by atoms with Gasteiger partial charge in [-0.05, 0) is 17.5 Å². The van der Waals surface area contributed by atoms with Crippen molar-refractivity contribution in [3.8, 4) is 5.75 Å². The van der Waals surface area contributed by atoms with Crippen LogP contribution in [0.3, 0.4) is 0 Å². The van der Waals surface area contributed by atoms with E-state index < -0.39 is 11.2 Å². The van der Waals surface area contributed by atoms with Crippen LogP contribution in [0.4, 0.5) is 0 Å². The Kier molecular flexibility index (Phi) is 4.21. The first kappa shape index (κ1) is 17.7. The van der Waals surface area contributed by atoms with Crippen molar-refractivity contribution >= 4 is 5.91 Å². The summed E-state index contributed by atoms with van der Waals surface area (Å²) >= 11 is 0. The van der Waals surface area contributed by atoms with Crippen molar-refractivity contribution in [1.82, 2.24) is 14.6 Å². The van der Waals surface area contributed by atoms with Gasteiger partial charge >= 0.3 is 0 Å². The Hall–Kier alpha value is -3.38. The second-order valence-corrected chi connectivity index (χ2v) is 7.44. The molecule has 1 N–H and O–H groups in total. The van der Waals surface area contributed by atoms with E-state index in [0.29, 0.717) is 6.54 Å². The predicted octanol–water partition coefficient (Wildman–Crippen LogP) is 2.96. The standard InChI is InChI=1S/C23H21N3O3/c27-18-12-15-24-20(21(18)28)23(29)26-14-7-13-25(26)22(24)19(16-8-3-1-4-9-16)17-10-5-2-6-11-17/h1-6,8-12,15,19,22,28H,7,13-14H2. The van der Waals surface area contributed by atoms with Crippen LogP contribution < -0.4 is 5.43 Å². The molecule has 0 bridgehead atoms. The topological polar surface area (TPSA) is 65.8 Å². The maximum absolute atomic E-state index is 13.1. The van der Waals surface area contributed by atoms with Gasteiger partial charge in [0.2, 0.25) is 5.43 Å². The van der Waals surface area contributed by atoms with E-state index in [1.54, 1.807) is 15.8 Å². The molecule has 1 aromatic heterocycles. The normalized spacial score (nSPS) is 18.7. The van der Waals surface area contributed by atoms with Crippen molar-refractivity contribution < 1.29 is 9.90 Å². The van der Waals surface area contributed by atoms with Gasteiger partial charge in [0.05, 0.1) is 0 Å². The zero-order valence-corrected chi connectivity index (χ0v) is 15.8. The molecule has 1 amide bonds. The van der Waals surface area contributed by atoms with E-state index in [4.69, 9.17) is 0 Å². The molecule has 5 rings (SSSR count). The fraction of sp³-hybridized carbons (Fsp3) is 0.217. The minimum atomic E-state index is -0.535. The van der Waals surface area contributed by atoms with Crippen LogP contribution in [0, 0.1) is 0 Å². The number of benzene rings is 2. The van der Waals surface area contributed by atoms with Gasteiger partial charge in [-0.2, -0.15) is 5.01 Å². The number of nitrogens with zero attached hydrogens (tertiary/aromatic N) is 3. The average Bonchev–Trinajstić information content (AvgIpc) is 3.25. The van der Waals surface area contributed by atoms with Crippen LogP contribution in [0.15, 0.2) is 77.7 Å². The van der Waals surface area contributed by atoms with E-state index in [1.807, 2.05) is 36.4 Å². The second-order valence-electron chi connectivity index (χ2n) is 7.44. The molecule has 29 heavy (non-hydrogen) atoms. The zero-order chi connectivity index (χ0) is 20.0. The fourth-order valence-electron chi connectivity index (χ4n) is 4.55. The molecule has 1 fully saturated rings. The number of carbonyl (C=O) groups is 1. The van der Waals surface area contributed by atoms with Gasteiger partial charge in [0.15, 0.2) is 11.4 Å². The van der Waals surface area contributed by atoms with Gasteiger partial charge in [0.25, 0.3) is 5.91 Å². The van der Waals surface area contributed by atoms with E-state index in [2.05, 4.69) is 29.3 Å². The molecule has 2 aliphatic rings. The van der Waals surface area contributed by atoms with E-state index in [-0.39, 0.29) is 23.7 Å². The Morgan fingerprint density at radius 2 is 1.48 bits per heavy atom. The number of hydrogen-bond donors (Lipinski definition) is 1. The minimum Gasteiger partial charge on any atom is -0.503 e. The monoisotopic (exact) mass is 387 g/mol. The number of carbonyl (C=O) groups excluding carboxylic acids is 1. The first-order chi connectivity index (χ1) is 14.2. The minimum absolute atomic E-state index is 0.0671. The van der Waals surface area contributed by atoms with Crippen LogP contribution in [-0.2, 0) is 0 Å². The van der Waals surface area contributed by atoms with Crippen LogP contribution in [-0.4, -0.2) is 38.7 Å². The summed E-state index contributed by atoms with van der Waals surface area (Å²) in [5.74, 6) is -0.894. The first-order valence-corrected chi connectivity index (χ1v) is 9.79. The van der Waals surface area contributed by atoms with Crippen LogP contribution >= 0.6 is 0 Å². The fourth-order valence-corrected chi connectivity index (χ4v) is 4.55. The van der Waals surface area contributed by atoms with Gasteiger partial charge in [0.1, 0.15) is 6.17 Å². The molecule has 6 nitrogen and oxygen atoms in total. The molecule has 146 valence electrons. The third-order valence-electron chi connectivity index (χ3n) is 5.81. The van der Waals surface area contributed by atoms with Crippen molar-refractivity contribution in [2.75, 3.05) is 13.1 Å². The highest BCUT2D eigenvalue weighted by Crippen LogP contribution is 2.43. The summed E-state index contributed by atoms with van der Waals surface area (Å²) in [6.45, 7) is 1.31. The highest BCUT2D eigenvalue weighted by molar-refractivity contribution is 5.95. The van der Waals surface area contributed by atoms with Crippen molar-refractivity contribution in [2.24, 2.45) is 0 Å². The summed E-state index contributed by atoms with van der Waals surface area (Å²) in [5.41, 5.74) is 1.74. The number of rotatable bonds is 3. The van der Waals surface area contributed by atoms with Crippen LogP contribution in [0.2, 0.25) is 0 Å². The summed E-state index contributed by atoms with van der Waals surface area (Å²) < 4.78 is 1.77. The molecule has 1 atom stereocenters. The summed E-state index contributed by atoms with van der Waals surface area (Å²) in [6.07, 6.45) is 2.20. The summed E-state index contributed by atoms with van der Waals surface area (Å²) in [7, 11) is 0. The number of aromatic hydroxyl groups is 1. The van der Waals surface area contributed by atoms with Crippen molar-refractivity contribution in [3.05, 3.63) is 100.0 Å². The van der Waals surface area contributed by atoms with Crippen LogP contribution in [0.1, 0.15) is 40.1 Å². The highest BCUT2D eigenvalue weighted by Gasteiger charge is 2.45. The molecule has 3 heterocycles. The smallest absolute Gasteiger partial charge is 0.288 e. The third kappa shape index (κ3) is 2.76. The molecular weight excluding hydrogens is 366 g/mol. The van der Waals surface area contributed by atoms with Crippen molar-refractivity contribution in [1.29, 1.82) is 0 Å². The summed E-state index contributed by atoms with van der Waals surface area (Å²) in [4.78, 5) is 25.2. The Balaban J connectivity index is 1.78. The molecular formula is C23H21N3O3. The number of fused-ring (bicyclic) bond motifs is 2. The summed E-state index contributed by atoms with van der Waals surface area (Å²) in [6, 6.07) is 21.6. The molecule has 0 radical (unpaired) electrons. The molecule has 0 spiro atoms. The number of amides is 1. The number of hydrogen-bond acceptors (Lipinski definition) is 4. The quantitative estimate of drug-likeness (QED) is 0.750. The molecule has 2 aromatic carbocycles.